The van der Waals surface area contributed by atoms with Gasteiger partial charge in [0.25, 0.3) is 0 Å². The molecule has 1 aromatic heterocycles. The number of carbonyl (C=O) groups is 1. The molecule has 166 valence electrons. The number of para-hydroxylation sites is 2. The Balaban J connectivity index is 1.68. The molecule has 3 rings (SSSR count). The molecule has 8 nitrogen and oxygen atoms in total. The van der Waals surface area contributed by atoms with E-state index >= 15 is 0 Å². The second kappa shape index (κ2) is 9.44. The molecule has 0 radical (unpaired) electrons. The summed E-state index contributed by atoms with van der Waals surface area (Å²) in [5.74, 6) is -1.82. The van der Waals surface area contributed by atoms with Crippen LogP contribution in [0.2, 0.25) is 0 Å². The first-order valence-electron chi connectivity index (χ1n) is 9.94. The summed E-state index contributed by atoms with van der Waals surface area (Å²) >= 11 is 0. The Morgan fingerprint density at radius 3 is 2.58 bits per heavy atom. The predicted molar refractivity (Wildman–Crippen MR) is 114 cm³/mol. The summed E-state index contributed by atoms with van der Waals surface area (Å²) in [6.45, 7) is 4.14. The first-order valence-corrected chi connectivity index (χ1v) is 11.4. The van der Waals surface area contributed by atoms with Gasteiger partial charge in [-0.05, 0) is 36.8 Å². The highest BCUT2D eigenvalue weighted by atomic mass is 32.2. The molecule has 0 bridgehead atoms. The SMILES string of the molecule is CCN(CC)S(=O)(=O)c1ccc(F)c(C(=O)OCCCn2c(=O)[nH]c3ccccc32)c1. The molecule has 0 aliphatic rings. The second-order valence-corrected chi connectivity index (χ2v) is 8.76. The van der Waals surface area contributed by atoms with E-state index in [1.807, 2.05) is 12.1 Å². The topological polar surface area (TPSA) is 101 Å². The third-order valence-corrected chi connectivity index (χ3v) is 6.99. The van der Waals surface area contributed by atoms with Gasteiger partial charge in [0.15, 0.2) is 0 Å². The van der Waals surface area contributed by atoms with Crippen molar-refractivity contribution < 1.29 is 22.3 Å². The van der Waals surface area contributed by atoms with Gasteiger partial charge < -0.3 is 9.72 Å². The molecule has 0 atom stereocenters. The molecule has 0 saturated heterocycles. The second-order valence-electron chi connectivity index (χ2n) is 6.82. The van der Waals surface area contributed by atoms with Crippen LogP contribution in [0, 0.1) is 5.82 Å². The number of imidazole rings is 1. The predicted octanol–water partition coefficient (Wildman–Crippen LogP) is 2.75. The van der Waals surface area contributed by atoms with E-state index in [0.717, 1.165) is 23.7 Å². The summed E-state index contributed by atoms with van der Waals surface area (Å²) in [7, 11) is -3.84. The van der Waals surface area contributed by atoms with Crippen LogP contribution in [0.5, 0.6) is 0 Å². The Bertz CT molecular complexity index is 1250. The maximum atomic E-state index is 14.2. The fourth-order valence-corrected chi connectivity index (χ4v) is 4.81. The zero-order chi connectivity index (χ0) is 22.6. The van der Waals surface area contributed by atoms with Crippen LogP contribution in [0.3, 0.4) is 0 Å². The lowest BCUT2D eigenvalue weighted by Gasteiger charge is -2.18. The number of sulfonamides is 1. The maximum Gasteiger partial charge on any atom is 0.341 e. The molecule has 0 aliphatic carbocycles. The Morgan fingerprint density at radius 1 is 1.16 bits per heavy atom. The highest BCUT2D eigenvalue weighted by molar-refractivity contribution is 7.89. The van der Waals surface area contributed by atoms with E-state index in [9.17, 15) is 22.4 Å². The van der Waals surface area contributed by atoms with Crippen molar-refractivity contribution in [2.75, 3.05) is 19.7 Å². The van der Waals surface area contributed by atoms with E-state index in [1.54, 1.807) is 26.0 Å². The highest BCUT2D eigenvalue weighted by Gasteiger charge is 2.24. The molecule has 1 heterocycles. The molecule has 2 aromatic carbocycles. The first kappa shape index (κ1) is 22.7. The number of hydrogen-bond donors (Lipinski definition) is 1. The number of rotatable bonds is 9. The van der Waals surface area contributed by atoms with Crippen LogP contribution >= 0.6 is 0 Å². The van der Waals surface area contributed by atoms with Crippen molar-refractivity contribution in [3.8, 4) is 0 Å². The van der Waals surface area contributed by atoms with Crippen LogP contribution in [0.25, 0.3) is 11.0 Å². The Morgan fingerprint density at radius 2 is 1.87 bits per heavy atom. The van der Waals surface area contributed by atoms with Crippen LogP contribution in [-0.2, 0) is 21.3 Å². The molecule has 10 heteroatoms. The Labute approximate surface area is 179 Å². The van der Waals surface area contributed by atoms with Gasteiger partial charge in [-0.2, -0.15) is 4.31 Å². The number of hydrogen-bond acceptors (Lipinski definition) is 5. The van der Waals surface area contributed by atoms with Crippen molar-refractivity contribution in [2.45, 2.75) is 31.7 Å². The standard InChI is InChI=1S/C21H24FN3O5S/c1-3-24(4-2)31(28,29)15-10-11-17(22)16(14-15)20(26)30-13-7-12-25-19-9-6-5-8-18(19)23-21(25)27/h5-6,8-11,14H,3-4,7,12-13H2,1-2H3,(H,23,27). The van der Waals surface area contributed by atoms with Gasteiger partial charge in [0.1, 0.15) is 5.82 Å². The number of aromatic amines is 1. The monoisotopic (exact) mass is 449 g/mol. The largest absolute Gasteiger partial charge is 0.462 e. The van der Waals surface area contributed by atoms with Crippen LogP contribution < -0.4 is 5.69 Å². The molecule has 0 fully saturated rings. The number of aryl methyl sites for hydroxylation is 1. The molecule has 0 amide bonds. The number of H-pyrrole nitrogens is 1. The molecule has 1 N–H and O–H groups in total. The minimum atomic E-state index is -3.84. The fourth-order valence-electron chi connectivity index (χ4n) is 3.33. The number of carbonyl (C=O) groups excluding carboxylic acids is 1. The summed E-state index contributed by atoms with van der Waals surface area (Å²) in [5.41, 5.74) is 0.724. The third-order valence-electron chi connectivity index (χ3n) is 4.94. The number of ether oxygens (including phenoxy) is 1. The van der Waals surface area contributed by atoms with Crippen molar-refractivity contribution in [3.05, 3.63) is 64.3 Å². The first-order chi connectivity index (χ1) is 14.8. The van der Waals surface area contributed by atoms with Crippen molar-refractivity contribution in [1.29, 1.82) is 0 Å². The van der Waals surface area contributed by atoms with Gasteiger partial charge in [0, 0.05) is 19.6 Å². The molecular weight excluding hydrogens is 425 g/mol. The summed E-state index contributed by atoms with van der Waals surface area (Å²) < 4.78 is 47.3. The fraction of sp³-hybridized carbons (Fsp3) is 0.333. The minimum absolute atomic E-state index is 0.0583. The lowest BCUT2D eigenvalue weighted by molar-refractivity contribution is 0.0490. The number of halogens is 1. The number of esters is 1. The summed E-state index contributed by atoms with van der Waals surface area (Å²) in [4.78, 5) is 27.0. The zero-order valence-electron chi connectivity index (χ0n) is 17.3. The summed E-state index contributed by atoms with van der Waals surface area (Å²) in [6, 6.07) is 10.3. The van der Waals surface area contributed by atoms with Gasteiger partial charge in [-0.3, -0.25) is 4.57 Å². The third kappa shape index (κ3) is 4.70. The molecule has 31 heavy (non-hydrogen) atoms. The Kier molecular flexibility index (Phi) is 6.91. The van der Waals surface area contributed by atoms with Crippen molar-refractivity contribution in [3.63, 3.8) is 0 Å². The maximum absolute atomic E-state index is 14.2. The highest BCUT2D eigenvalue weighted by Crippen LogP contribution is 2.20. The van der Waals surface area contributed by atoms with Gasteiger partial charge >= 0.3 is 11.7 Å². The Hall–Kier alpha value is -2.98. The number of nitrogens with zero attached hydrogens (tertiary/aromatic N) is 2. The summed E-state index contributed by atoms with van der Waals surface area (Å²) in [5, 5.41) is 0. The van der Waals surface area contributed by atoms with Crippen LogP contribution in [0.15, 0.2) is 52.2 Å². The summed E-state index contributed by atoms with van der Waals surface area (Å²) in [6.07, 6.45) is 0.326. The van der Waals surface area contributed by atoms with E-state index in [-0.39, 0.29) is 30.3 Å². The van der Waals surface area contributed by atoms with E-state index in [0.29, 0.717) is 18.5 Å². The van der Waals surface area contributed by atoms with Gasteiger partial charge in [0.05, 0.1) is 28.1 Å². The van der Waals surface area contributed by atoms with Crippen LogP contribution in [0.1, 0.15) is 30.6 Å². The van der Waals surface area contributed by atoms with E-state index < -0.39 is 27.4 Å². The van der Waals surface area contributed by atoms with Gasteiger partial charge in [-0.15, -0.1) is 0 Å². The van der Waals surface area contributed by atoms with Crippen molar-refractivity contribution in [1.82, 2.24) is 13.9 Å². The molecule has 3 aromatic rings. The zero-order valence-corrected chi connectivity index (χ0v) is 18.1. The molecular formula is C21H24FN3O5S. The quantitative estimate of drug-likeness (QED) is 0.400. The smallest absolute Gasteiger partial charge is 0.341 e. The minimum Gasteiger partial charge on any atom is -0.462 e. The number of aromatic nitrogens is 2. The molecule has 0 spiro atoms. The molecule has 0 saturated carbocycles. The molecule has 0 unspecified atom stereocenters. The van der Waals surface area contributed by atoms with Gasteiger partial charge in [0.2, 0.25) is 10.0 Å². The van der Waals surface area contributed by atoms with Gasteiger partial charge in [-0.25, -0.2) is 22.4 Å². The number of fused-ring (bicyclic) bond motifs is 1. The number of nitrogens with one attached hydrogen (secondary N) is 1. The normalized spacial score (nSPS) is 11.9. The van der Waals surface area contributed by atoms with E-state index in [2.05, 4.69) is 4.98 Å². The number of benzene rings is 2. The lowest BCUT2D eigenvalue weighted by Crippen LogP contribution is -2.30. The van der Waals surface area contributed by atoms with Crippen molar-refractivity contribution in [2.24, 2.45) is 0 Å². The van der Waals surface area contributed by atoms with Gasteiger partial charge in [-0.1, -0.05) is 26.0 Å². The average Bonchev–Trinajstić information content (AvgIpc) is 3.07. The van der Waals surface area contributed by atoms with Crippen LogP contribution in [0.4, 0.5) is 4.39 Å². The van der Waals surface area contributed by atoms with E-state index in [4.69, 9.17) is 4.74 Å². The average molecular weight is 450 g/mol. The lowest BCUT2D eigenvalue weighted by atomic mass is 10.2. The van der Waals surface area contributed by atoms with Crippen LogP contribution in [-0.4, -0.2) is 47.9 Å². The molecule has 0 aliphatic heterocycles. The van der Waals surface area contributed by atoms with E-state index in [1.165, 1.54) is 8.87 Å². The van der Waals surface area contributed by atoms with Crippen molar-refractivity contribution >= 4 is 27.0 Å².